The molecule has 0 aliphatic rings. The molecule has 0 atom stereocenters. The van der Waals surface area contributed by atoms with Gasteiger partial charge in [0.2, 0.25) is 0 Å². The lowest BCUT2D eigenvalue weighted by molar-refractivity contribution is 1.32. The van der Waals surface area contributed by atoms with Crippen LogP contribution in [-0.2, 0) is 0 Å². The fourth-order valence-electron chi connectivity index (χ4n) is 3.09. The van der Waals surface area contributed by atoms with Crippen molar-refractivity contribution >= 4 is 27.8 Å². The van der Waals surface area contributed by atoms with Crippen LogP contribution in [0.3, 0.4) is 0 Å². The number of fused-ring (bicyclic) bond motifs is 1. The standard InChI is InChI=1S/C21H18N2S/c1-3-15(16-9-5-4-8-14(16)2)20-13-24-21(23-20)18-12-22-19-11-7-6-10-17(18)19/h3-13,22H,1-2H3/b15-3+. The second kappa shape index (κ2) is 6.10. The first-order valence-electron chi connectivity index (χ1n) is 8.02. The Morgan fingerprint density at radius 3 is 2.71 bits per heavy atom. The van der Waals surface area contributed by atoms with Crippen LogP contribution in [0.1, 0.15) is 23.7 Å². The van der Waals surface area contributed by atoms with Gasteiger partial charge in [-0.2, -0.15) is 0 Å². The zero-order valence-corrected chi connectivity index (χ0v) is 14.5. The number of rotatable bonds is 3. The summed E-state index contributed by atoms with van der Waals surface area (Å²) in [6.45, 7) is 4.22. The summed E-state index contributed by atoms with van der Waals surface area (Å²) >= 11 is 1.69. The minimum absolute atomic E-state index is 1.04. The topological polar surface area (TPSA) is 28.7 Å². The van der Waals surface area contributed by atoms with Crippen LogP contribution in [0.2, 0.25) is 0 Å². The Hall–Kier alpha value is -2.65. The van der Waals surface area contributed by atoms with Crippen molar-refractivity contribution in [2.24, 2.45) is 0 Å². The summed E-state index contributed by atoms with van der Waals surface area (Å²) in [5, 5.41) is 4.42. The molecule has 1 N–H and O–H groups in total. The lowest BCUT2D eigenvalue weighted by atomic mass is 9.98. The van der Waals surface area contributed by atoms with E-state index in [9.17, 15) is 0 Å². The molecule has 4 rings (SSSR count). The number of aryl methyl sites for hydroxylation is 1. The molecule has 2 aromatic heterocycles. The molecule has 0 spiro atoms. The molecule has 0 radical (unpaired) electrons. The van der Waals surface area contributed by atoms with Crippen molar-refractivity contribution in [2.45, 2.75) is 13.8 Å². The summed E-state index contributed by atoms with van der Waals surface area (Å²) in [5.74, 6) is 0. The van der Waals surface area contributed by atoms with Gasteiger partial charge in [0, 0.05) is 33.6 Å². The molecule has 0 unspecified atom stereocenters. The van der Waals surface area contributed by atoms with Gasteiger partial charge in [-0.25, -0.2) is 4.98 Å². The summed E-state index contributed by atoms with van der Waals surface area (Å²) < 4.78 is 0. The van der Waals surface area contributed by atoms with Gasteiger partial charge >= 0.3 is 0 Å². The minimum Gasteiger partial charge on any atom is -0.360 e. The monoisotopic (exact) mass is 330 g/mol. The summed E-state index contributed by atoms with van der Waals surface area (Å²) in [7, 11) is 0. The first-order valence-corrected chi connectivity index (χ1v) is 8.90. The number of hydrogen-bond donors (Lipinski definition) is 1. The Labute approximate surface area is 145 Å². The van der Waals surface area contributed by atoms with E-state index in [0.717, 1.165) is 16.2 Å². The van der Waals surface area contributed by atoms with Crippen molar-refractivity contribution in [3.63, 3.8) is 0 Å². The summed E-state index contributed by atoms with van der Waals surface area (Å²) in [6.07, 6.45) is 4.20. The van der Waals surface area contributed by atoms with E-state index in [0.29, 0.717) is 0 Å². The maximum Gasteiger partial charge on any atom is 0.126 e. The van der Waals surface area contributed by atoms with Crippen LogP contribution in [-0.4, -0.2) is 9.97 Å². The molecular weight excluding hydrogens is 312 g/mol. The molecule has 118 valence electrons. The van der Waals surface area contributed by atoms with Crippen molar-refractivity contribution in [3.05, 3.63) is 83.0 Å². The van der Waals surface area contributed by atoms with E-state index in [1.807, 2.05) is 6.07 Å². The van der Waals surface area contributed by atoms with E-state index in [1.54, 1.807) is 11.3 Å². The Kier molecular flexibility index (Phi) is 3.79. The third-order valence-electron chi connectivity index (χ3n) is 4.32. The number of para-hydroxylation sites is 1. The van der Waals surface area contributed by atoms with Crippen LogP contribution in [0.25, 0.3) is 27.0 Å². The number of thiazole rings is 1. The highest BCUT2D eigenvalue weighted by Gasteiger charge is 2.14. The molecule has 0 saturated heterocycles. The molecule has 24 heavy (non-hydrogen) atoms. The Morgan fingerprint density at radius 1 is 1.08 bits per heavy atom. The zero-order valence-electron chi connectivity index (χ0n) is 13.7. The maximum absolute atomic E-state index is 4.92. The SMILES string of the molecule is C/C=C(/c1csc(-c2c[nH]c3ccccc23)n1)c1ccccc1C. The Balaban J connectivity index is 1.79. The number of H-pyrrole nitrogens is 1. The number of aromatic amines is 1. The van der Waals surface area contributed by atoms with Gasteiger partial charge in [0.05, 0.1) is 5.69 Å². The van der Waals surface area contributed by atoms with E-state index < -0.39 is 0 Å². The lowest BCUT2D eigenvalue weighted by Crippen LogP contribution is -1.91. The number of nitrogens with one attached hydrogen (secondary N) is 1. The lowest BCUT2D eigenvalue weighted by Gasteiger charge is -2.07. The third-order valence-corrected chi connectivity index (χ3v) is 5.20. The molecule has 0 bridgehead atoms. The molecule has 2 aromatic carbocycles. The van der Waals surface area contributed by atoms with Gasteiger partial charge in [0.15, 0.2) is 0 Å². The number of nitrogens with zero attached hydrogens (tertiary/aromatic N) is 1. The highest BCUT2D eigenvalue weighted by atomic mass is 32.1. The number of allylic oxidation sites excluding steroid dienone is 1. The number of hydrogen-bond acceptors (Lipinski definition) is 2. The molecule has 0 amide bonds. The van der Waals surface area contributed by atoms with Gasteiger partial charge in [-0.15, -0.1) is 11.3 Å². The first kappa shape index (κ1) is 14.9. The van der Waals surface area contributed by atoms with E-state index in [4.69, 9.17) is 4.98 Å². The average Bonchev–Trinajstić information content (AvgIpc) is 3.24. The fraction of sp³-hybridized carbons (Fsp3) is 0.0952. The van der Waals surface area contributed by atoms with Gasteiger partial charge in [-0.05, 0) is 31.0 Å². The molecule has 4 aromatic rings. The van der Waals surface area contributed by atoms with Gasteiger partial charge < -0.3 is 4.98 Å². The third kappa shape index (κ3) is 2.47. The smallest absolute Gasteiger partial charge is 0.126 e. The van der Waals surface area contributed by atoms with E-state index in [1.165, 1.54) is 27.6 Å². The Morgan fingerprint density at radius 2 is 1.88 bits per heavy atom. The molecule has 3 heteroatoms. The molecule has 2 nitrogen and oxygen atoms in total. The number of benzene rings is 2. The normalized spacial score (nSPS) is 12.0. The van der Waals surface area contributed by atoms with E-state index in [2.05, 4.69) is 78.9 Å². The average molecular weight is 330 g/mol. The molecule has 0 saturated carbocycles. The predicted molar refractivity (Wildman–Crippen MR) is 103 cm³/mol. The summed E-state index contributed by atoms with van der Waals surface area (Å²) in [5.41, 5.74) is 7.06. The maximum atomic E-state index is 4.92. The molecular formula is C21H18N2S. The predicted octanol–water partition coefficient (Wildman–Crippen LogP) is 6.05. The Bertz CT molecular complexity index is 1040. The van der Waals surface area contributed by atoms with Crippen LogP contribution in [0.5, 0.6) is 0 Å². The quantitative estimate of drug-likeness (QED) is 0.486. The van der Waals surface area contributed by atoms with Gasteiger partial charge in [-0.3, -0.25) is 0 Å². The minimum atomic E-state index is 1.04. The molecule has 0 aliphatic heterocycles. The van der Waals surface area contributed by atoms with Crippen LogP contribution >= 0.6 is 11.3 Å². The largest absolute Gasteiger partial charge is 0.360 e. The van der Waals surface area contributed by atoms with Crippen molar-refractivity contribution in [1.29, 1.82) is 0 Å². The number of aromatic nitrogens is 2. The van der Waals surface area contributed by atoms with Crippen LogP contribution in [0.15, 0.2) is 66.2 Å². The summed E-state index contributed by atoms with van der Waals surface area (Å²) in [6, 6.07) is 16.8. The highest BCUT2D eigenvalue weighted by molar-refractivity contribution is 7.13. The van der Waals surface area contributed by atoms with Crippen LogP contribution in [0, 0.1) is 6.92 Å². The van der Waals surface area contributed by atoms with Crippen molar-refractivity contribution in [1.82, 2.24) is 9.97 Å². The highest BCUT2D eigenvalue weighted by Crippen LogP contribution is 2.34. The van der Waals surface area contributed by atoms with Gasteiger partial charge in [-0.1, -0.05) is 48.5 Å². The van der Waals surface area contributed by atoms with Crippen LogP contribution < -0.4 is 0 Å². The van der Waals surface area contributed by atoms with E-state index >= 15 is 0 Å². The second-order valence-electron chi connectivity index (χ2n) is 5.80. The summed E-state index contributed by atoms with van der Waals surface area (Å²) in [4.78, 5) is 8.25. The molecule has 0 fully saturated rings. The van der Waals surface area contributed by atoms with Gasteiger partial charge in [0.25, 0.3) is 0 Å². The van der Waals surface area contributed by atoms with Crippen molar-refractivity contribution < 1.29 is 0 Å². The van der Waals surface area contributed by atoms with Gasteiger partial charge in [0.1, 0.15) is 5.01 Å². The second-order valence-corrected chi connectivity index (χ2v) is 6.66. The van der Waals surface area contributed by atoms with E-state index in [-0.39, 0.29) is 0 Å². The zero-order chi connectivity index (χ0) is 16.5. The van der Waals surface area contributed by atoms with Crippen molar-refractivity contribution in [3.8, 4) is 10.6 Å². The van der Waals surface area contributed by atoms with Crippen LogP contribution in [0.4, 0.5) is 0 Å². The molecule has 2 heterocycles. The van der Waals surface area contributed by atoms with Crippen molar-refractivity contribution in [2.75, 3.05) is 0 Å². The molecule has 0 aliphatic carbocycles. The first-order chi connectivity index (χ1) is 11.8. The fourth-order valence-corrected chi connectivity index (χ4v) is 3.94.